The van der Waals surface area contributed by atoms with E-state index < -0.39 is 0 Å². The van der Waals surface area contributed by atoms with Crippen molar-refractivity contribution in [1.29, 1.82) is 0 Å². The maximum Gasteiger partial charge on any atom is 0.308 e. The third-order valence-corrected chi connectivity index (χ3v) is 4.03. The normalized spacial score (nSPS) is 25.3. The number of aromatic nitrogens is 1. The van der Waals surface area contributed by atoms with Crippen molar-refractivity contribution in [3.8, 4) is 0 Å². The van der Waals surface area contributed by atoms with Crippen LogP contribution in [0.3, 0.4) is 0 Å². The fourth-order valence-corrected chi connectivity index (χ4v) is 3.11. The van der Waals surface area contributed by atoms with Gasteiger partial charge in [0.25, 0.3) is 0 Å². The molecule has 0 saturated heterocycles. The Morgan fingerprint density at radius 3 is 3.19 bits per heavy atom. The van der Waals surface area contributed by atoms with E-state index >= 15 is 0 Å². The molecule has 1 saturated carbocycles. The SMILES string of the molecule is CCOC(=O)C1CCCC(c2nccs2)C1. The van der Waals surface area contributed by atoms with Gasteiger partial charge in [0.15, 0.2) is 0 Å². The van der Waals surface area contributed by atoms with Crippen LogP contribution in [0, 0.1) is 5.92 Å². The molecular weight excluding hydrogens is 222 g/mol. The second kappa shape index (κ2) is 5.43. The first kappa shape index (κ1) is 11.6. The number of carbonyl (C=O) groups is 1. The van der Waals surface area contributed by atoms with Gasteiger partial charge in [-0.05, 0) is 26.2 Å². The van der Waals surface area contributed by atoms with Crippen molar-refractivity contribution in [1.82, 2.24) is 4.98 Å². The van der Waals surface area contributed by atoms with E-state index in [0.717, 1.165) is 25.7 Å². The van der Waals surface area contributed by atoms with E-state index in [4.69, 9.17) is 4.74 Å². The highest BCUT2D eigenvalue weighted by atomic mass is 32.1. The van der Waals surface area contributed by atoms with E-state index in [0.29, 0.717) is 12.5 Å². The van der Waals surface area contributed by atoms with Crippen LogP contribution in [-0.2, 0) is 9.53 Å². The number of nitrogens with zero attached hydrogens (tertiary/aromatic N) is 1. The van der Waals surface area contributed by atoms with E-state index in [1.165, 1.54) is 5.01 Å². The van der Waals surface area contributed by atoms with Gasteiger partial charge in [0, 0.05) is 17.5 Å². The first-order valence-corrected chi connectivity index (χ1v) is 6.75. The highest BCUT2D eigenvalue weighted by Crippen LogP contribution is 2.37. The van der Waals surface area contributed by atoms with Gasteiger partial charge in [-0.1, -0.05) is 6.42 Å². The molecule has 1 aromatic rings. The summed E-state index contributed by atoms with van der Waals surface area (Å²) in [5.74, 6) is 0.523. The molecule has 0 aliphatic heterocycles. The molecule has 88 valence electrons. The molecule has 1 fully saturated rings. The lowest BCUT2D eigenvalue weighted by molar-refractivity contribution is -0.149. The van der Waals surface area contributed by atoms with Gasteiger partial charge in [0.1, 0.15) is 0 Å². The third kappa shape index (κ3) is 2.61. The quantitative estimate of drug-likeness (QED) is 0.761. The molecule has 0 radical (unpaired) electrons. The number of ether oxygens (including phenoxy) is 1. The van der Waals surface area contributed by atoms with Crippen molar-refractivity contribution in [3.63, 3.8) is 0 Å². The van der Waals surface area contributed by atoms with Crippen molar-refractivity contribution in [2.45, 2.75) is 38.5 Å². The summed E-state index contributed by atoms with van der Waals surface area (Å²) in [5.41, 5.74) is 0. The van der Waals surface area contributed by atoms with E-state index in [2.05, 4.69) is 4.98 Å². The molecule has 2 rings (SSSR count). The lowest BCUT2D eigenvalue weighted by Gasteiger charge is -2.26. The standard InChI is InChI=1S/C12H17NO2S/c1-2-15-12(14)10-5-3-4-9(8-10)11-13-6-7-16-11/h6-7,9-10H,2-5,8H2,1H3. The number of hydrogen-bond donors (Lipinski definition) is 0. The minimum absolute atomic E-state index is 0.0243. The Kier molecular flexibility index (Phi) is 3.93. The number of thiazole rings is 1. The third-order valence-electron chi connectivity index (χ3n) is 3.09. The highest BCUT2D eigenvalue weighted by molar-refractivity contribution is 7.09. The van der Waals surface area contributed by atoms with Gasteiger partial charge >= 0.3 is 5.97 Å². The van der Waals surface area contributed by atoms with E-state index in [-0.39, 0.29) is 11.9 Å². The van der Waals surface area contributed by atoms with Gasteiger partial charge in [-0.25, -0.2) is 4.98 Å². The summed E-state index contributed by atoms with van der Waals surface area (Å²) in [7, 11) is 0. The van der Waals surface area contributed by atoms with Gasteiger partial charge in [-0.2, -0.15) is 0 Å². The minimum atomic E-state index is -0.0243. The maximum atomic E-state index is 11.7. The molecular formula is C12H17NO2S. The summed E-state index contributed by atoms with van der Waals surface area (Å²) >= 11 is 1.69. The average Bonchev–Trinajstić information content (AvgIpc) is 2.83. The van der Waals surface area contributed by atoms with Crippen LogP contribution in [0.15, 0.2) is 11.6 Å². The summed E-state index contributed by atoms with van der Waals surface area (Å²) in [6.45, 7) is 2.34. The van der Waals surface area contributed by atoms with Crippen LogP contribution in [-0.4, -0.2) is 17.6 Å². The van der Waals surface area contributed by atoms with Crippen LogP contribution >= 0.6 is 11.3 Å². The first-order chi connectivity index (χ1) is 7.81. The van der Waals surface area contributed by atoms with Crippen LogP contribution in [0.1, 0.15) is 43.5 Å². The lowest BCUT2D eigenvalue weighted by Crippen LogP contribution is -2.23. The van der Waals surface area contributed by atoms with E-state index in [1.807, 2.05) is 18.5 Å². The monoisotopic (exact) mass is 239 g/mol. The van der Waals surface area contributed by atoms with Gasteiger partial charge in [0.05, 0.1) is 17.5 Å². The second-order valence-corrected chi connectivity index (χ2v) is 5.11. The molecule has 1 heterocycles. The van der Waals surface area contributed by atoms with Crippen LogP contribution in [0.5, 0.6) is 0 Å². The molecule has 1 aliphatic carbocycles. The number of carbonyl (C=O) groups excluding carboxylic acids is 1. The molecule has 0 aromatic carbocycles. The maximum absolute atomic E-state index is 11.7. The molecule has 2 unspecified atom stereocenters. The lowest BCUT2D eigenvalue weighted by atomic mass is 9.82. The number of rotatable bonds is 3. The number of esters is 1. The zero-order valence-electron chi connectivity index (χ0n) is 9.52. The Balaban J connectivity index is 1.96. The van der Waals surface area contributed by atoms with Crippen molar-refractivity contribution >= 4 is 17.3 Å². The van der Waals surface area contributed by atoms with Crippen LogP contribution in [0.2, 0.25) is 0 Å². The minimum Gasteiger partial charge on any atom is -0.466 e. The molecule has 4 heteroatoms. The summed E-state index contributed by atoms with van der Waals surface area (Å²) < 4.78 is 5.09. The highest BCUT2D eigenvalue weighted by Gasteiger charge is 2.29. The first-order valence-electron chi connectivity index (χ1n) is 5.87. The van der Waals surface area contributed by atoms with Crippen molar-refractivity contribution < 1.29 is 9.53 Å². The fourth-order valence-electron chi connectivity index (χ4n) is 2.32. The van der Waals surface area contributed by atoms with Gasteiger partial charge in [0.2, 0.25) is 0 Å². The van der Waals surface area contributed by atoms with Crippen molar-refractivity contribution in [2.24, 2.45) is 5.92 Å². The van der Waals surface area contributed by atoms with E-state index in [1.54, 1.807) is 11.3 Å². The molecule has 2 atom stereocenters. The largest absolute Gasteiger partial charge is 0.466 e. The van der Waals surface area contributed by atoms with Crippen LogP contribution in [0.25, 0.3) is 0 Å². The predicted molar refractivity (Wildman–Crippen MR) is 63.4 cm³/mol. The molecule has 3 nitrogen and oxygen atoms in total. The predicted octanol–water partition coefficient (Wildman–Crippen LogP) is 2.98. The molecule has 0 amide bonds. The smallest absolute Gasteiger partial charge is 0.308 e. The second-order valence-electron chi connectivity index (χ2n) is 4.18. The Morgan fingerprint density at radius 1 is 1.62 bits per heavy atom. The van der Waals surface area contributed by atoms with Crippen LogP contribution < -0.4 is 0 Å². The summed E-state index contributed by atoms with van der Waals surface area (Å²) in [4.78, 5) is 16.0. The zero-order valence-corrected chi connectivity index (χ0v) is 10.3. The Labute approximate surface area is 99.8 Å². The zero-order chi connectivity index (χ0) is 11.4. The number of hydrogen-bond acceptors (Lipinski definition) is 4. The summed E-state index contributed by atoms with van der Waals surface area (Å²) in [5, 5.41) is 3.18. The van der Waals surface area contributed by atoms with Gasteiger partial charge in [-0.15, -0.1) is 11.3 Å². The van der Waals surface area contributed by atoms with Gasteiger partial charge in [-0.3, -0.25) is 4.79 Å². The molecule has 0 bridgehead atoms. The Bertz CT molecular complexity index is 337. The molecule has 0 spiro atoms. The fraction of sp³-hybridized carbons (Fsp3) is 0.667. The summed E-state index contributed by atoms with van der Waals surface area (Å²) in [6, 6.07) is 0. The molecule has 1 aromatic heterocycles. The molecule has 0 N–H and O–H groups in total. The topological polar surface area (TPSA) is 39.2 Å². The average molecular weight is 239 g/mol. The molecule has 16 heavy (non-hydrogen) atoms. The summed E-state index contributed by atoms with van der Waals surface area (Å²) in [6.07, 6.45) is 5.98. The Hall–Kier alpha value is -0.900. The van der Waals surface area contributed by atoms with Crippen molar-refractivity contribution in [3.05, 3.63) is 16.6 Å². The molecule has 1 aliphatic rings. The van der Waals surface area contributed by atoms with E-state index in [9.17, 15) is 4.79 Å². The van der Waals surface area contributed by atoms with Crippen molar-refractivity contribution in [2.75, 3.05) is 6.61 Å². The van der Waals surface area contributed by atoms with Gasteiger partial charge < -0.3 is 4.74 Å². The Morgan fingerprint density at radius 2 is 2.50 bits per heavy atom. The van der Waals surface area contributed by atoms with Crippen LogP contribution in [0.4, 0.5) is 0 Å².